The maximum Gasteiger partial charge on any atom is 0.0897 e. The van der Waals surface area contributed by atoms with E-state index in [0.29, 0.717) is 0 Å². The SMILES string of the molecule is CCc1nn(C)c(CC(NN)c2cnc(C)s2)c1Br. The van der Waals surface area contributed by atoms with Gasteiger partial charge >= 0.3 is 0 Å². The molecule has 5 nitrogen and oxygen atoms in total. The largest absolute Gasteiger partial charge is 0.271 e. The highest BCUT2D eigenvalue weighted by Gasteiger charge is 2.19. The van der Waals surface area contributed by atoms with Crippen molar-refractivity contribution in [1.82, 2.24) is 20.2 Å². The molecule has 3 N–H and O–H groups in total. The average Bonchev–Trinajstić information content (AvgIpc) is 2.92. The molecule has 0 aliphatic heterocycles. The molecule has 0 bridgehead atoms. The number of hydrogen-bond donors (Lipinski definition) is 2. The Kier molecular flexibility index (Phi) is 4.72. The van der Waals surface area contributed by atoms with E-state index in [1.807, 2.05) is 24.9 Å². The van der Waals surface area contributed by atoms with Crippen molar-refractivity contribution in [2.24, 2.45) is 12.9 Å². The number of aromatic nitrogens is 3. The first-order valence-corrected chi connectivity index (χ1v) is 7.76. The highest BCUT2D eigenvalue weighted by Crippen LogP contribution is 2.28. The topological polar surface area (TPSA) is 68.8 Å². The third kappa shape index (κ3) is 3.05. The molecule has 7 heteroatoms. The number of hydrazine groups is 1. The minimum absolute atomic E-state index is 0.0580. The molecule has 0 spiro atoms. The van der Waals surface area contributed by atoms with Gasteiger partial charge in [0.2, 0.25) is 0 Å². The summed E-state index contributed by atoms with van der Waals surface area (Å²) in [5, 5.41) is 5.55. The zero-order valence-corrected chi connectivity index (χ0v) is 13.7. The maximum atomic E-state index is 5.69. The summed E-state index contributed by atoms with van der Waals surface area (Å²) in [6.45, 7) is 4.10. The van der Waals surface area contributed by atoms with E-state index in [1.165, 1.54) is 0 Å². The van der Waals surface area contributed by atoms with Crippen LogP contribution in [-0.2, 0) is 19.9 Å². The predicted octanol–water partition coefficient (Wildman–Crippen LogP) is 2.26. The Morgan fingerprint density at radius 2 is 2.32 bits per heavy atom. The van der Waals surface area contributed by atoms with Crippen LogP contribution in [0, 0.1) is 6.92 Å². The molecular weight excluding hydrogens is 326 g/mol. The lowest BCUT2D eigenvalue weighted by Crippen LogP contribution is -2.29. The number of thiazole rings is 1. The highest BCUT2D eigenvalue weighted by atomic mass is 79.9. The van der Waals surface area contributed by atoms with Crippen molar-refractivity contribution >= 4 is 27.3 Å². The van der Waals surface area contributed by atoms with Gasteiger partial charge in [-0.15, -0.1) is 11.3 Å². The second kappa shape index (κ2) is 6.13. The highest BCUT2D eigenvalue weighted by molar-refractivity contribution is 9.10. The van der Waals surface area contributed by atoms with Crippen molar-refractivity contribution in [3.8, 4) is 0 Å². The Labute approximate surface area is 125 Å². The molecule has 0 saturated heterocycles. The standard InChI is InChI=1S/C12H18BrN5S/c1-4-8-12(13)10(18(3)17-8)5-9(16-14)11-6-15-7(2)19-11/h6,9,16H,4-5,14H2,1-3H3. The van der Waals surface area contributed by atoms with Crippen molar-refractivity contribution in [3.63, 3.8) is 0 Å². The van der Waals surface area contributed by atoms with Gasteiger partial charge in [0.25, 0.3) is 0 Å². The maximum absolute atomic E-state index is 5.69. The number of nitrogens with two attached hydrogens (primary N) is 1. The van der Waals surface area contributed by atoms with Gasteiger partial charge in [0, 0.05) is 24.5 Å². The zero-order chi connectivity index (χ0) is 14.0. The second-order valence-corrected chi connectivity index (χ2v) is 6.45. The van der Waals surface area contributed by atoms with Crippen LogP contribution in [0.5, 0.6) is 0 Å². The van der Waals surface area contributed by atoms with Gasteiger partial charge < -0.3 is 0 Å². The molecular formula is C12H18BrN5S. The van der Waals surface area contributed by atoms with E-state index in [0.717, 1.165) is 38.6 Å². The second-order valence-electron chi connectivity index (χ2n) is 4.39. The molecule has 2 aromatic rings. The molecule has 2 aromatic heterocycles. The fraction of sp³-hybridized carbons (Fsp3) is 0.500. The summed E-state index contributed by atoms with van der Waals surface area (Å²) < 4.78 is 3.00. The molecule has 1 atom stereocenters. The van der Waals surface area contributed by atoms with E-state index < -0.39 is 0 Å². The molecule has 2 heterocycles. The monoisotopic (exact) mass is 343 g/mol. The zero-order valence-electron chi connectivity index (χ0n) is 11.3. The van der Waals surface area contributed by atoms with Crippen molar-refractivity contribution in [1.29, 1.82) is 0 Å². The third-order valence-electron chi connectivity index (χ3n) is 3.08. The molecule has 2 rings (SSSR count). The number of nitrogens with one attached hydrogen (secondary N) is 1. The predicted molar refractivity (Wildman–Crippen MR) is 80.9 cm³/mol. The minimum atomic E-state index is 0.0580. The van der Waals surface area contributed by atoms with Crippen LogP contribution in [0.1, 0.15) is 34.2 Å². The van der Waals surface area contributed by atoms with E-state index >= 15 is 0 Å². The summed E-state index contributed by atoms with van der Waals surface area (Å²) in [4.78, 5) is 5.43. The van der Waals surface area contributed by atoms with Crippen LogP contribution in [-0.4, -0.2) is 14.8 Å². The van der Waals surface area contributed by atoms with Gasteiger partial charge in [-0.3, -0.25) is 16.0 Å². The van der Waals surface area contributed by atoms with Gasteiger partial charge in [0.05, 0.1) is 26.9 Å². The molecule has 0 saturated carbocycles. The number of halogens is 1. The van der Waals surface area contributed by atoms with Crippen molar-refractivity contribution in [3.05, 3.63) is 31.9 Å². The first kappa shape index (κ1) is 14.6. The fourth-order valence-electron chi connectivity index (χ4n) is 2.02. The molecule has 0 aliphatic carbocycles. The Balaban J connectivity index is 2.26. The van der Waals surface area contributed by atoms with Gasteiger partial charge in [0.15, 0.2) is 0 Å². The Morgan fingerprint density at radius 3 is 2.79 bits per heavy atom. The van der Waals surface area contributed by atoms with Gasteiger partial charge in [0.1, 0.15) is 0 Å². The molecule has 104 valence electrons. The number of rotatable bonds is 5. The summed E-state index contributed by atoms with van der Waals surface area (Å²) in [5.41, 5.74) is 5.09. The van der Waals surface area contributed by atoms with Crippen LogP contribution in [0.25, 0.3) is 0 Å². The van der Waals surface area contributed by atoms with Crippen LogP contribution in [0.15, 0.2) is 10.7 Å². The van der Waals surface area contributed by atoms with Crippen LogP contribution in [0.2, 0.25) is 0 Å². The van der Waals surface area contributed by atoms with Gasteiger partial charge in [-0.25, -0.2) is 4.98 Å². The average molecular weight is 344 g/mol. The third-order valence-corrected chi connectivity index (χ3v) is 5.03. The fourth-order valence-corrected chi connectivity index (χ4v) is 3.64. The lowest BCUT2D eigenvalue weighted by molar-refractivity contribution is 0.535. The Morgan fingerprint density at radius 1 is 1.58 bits per heavy atom. The van der Waals surface area contributed by atoms with Crippen LogP contribution in [0.4, 0.5) is 0 Å². The smallest absolute Gasteiger partial charge is 0.0897 e. The molecule has 19 heavy (non-hydrogen) atoms. The van der Waals surface area contributed by atoms with Gasteiger partial charge in [-0.2, -0.15) is 5.10 Å². The summed E-state index contributed by atoms with van der Waals surface area (Å²) in [5.74, 6) is 5.69. The quantitative estimate of drug-likeness (QED) is 0.645. The summed E-state index contributed by atoms with van der Waals surface area (Å²) >= 11 is 5.30. The van der Waals surface area contributed by atoms with Crippen molar-refractivity contribution in [2.75, 3.05) is 0 Å². The summed E-state index contributed by atoms with van der Waals surface area (Å²) in [6.07, 6.45) is 3.58. The van der Waals surface area contributed by atoms with E-state index in [1.54, 1.807) is 11.3 Å². The number of hydrogen-bond acceptors (Lipinski definition) is 5. The number of aryl methyl sites for hydroxylation is 3. The first-order chi connectivity index (χ1) is 9.06. The Bertz CT molecular complexity index is 562. The van der Waals surface area contributed by atoms with Crippen LogP contribution >= 0.6 is 27.3 Å². The Hall–Kier alpha value is -0.760. The summed E-state index contributed by atoms with van der Waals surface area (Å²) in [6, 6.07) is 0.0580. The van der Waals surface area contributed by atoms with Gasteiger partial charge in [-0.1, -0.05) is 6.92 Å². The van der Waals surface area contributed by atoms with E-state index in [9.17, 15) is 0 Å². The molecule has 0 aliphatic rings. The van der Waals surface area contributed by atoms with Crippen molar-refractivity contribution in [2.45, 2.75) is 32.7 Å². The number of nitrogens with zero attached hydrogens (tertiary/aromatic N) is 3. The lowest BCUT2D eigenvalue weighted by Gasteiger charge is -2.14. The van der Waals surface area contributed by atoms with Crippen molar-refractivity contribution < 1.29 is 0 Å². The van der Waals surface area contributed by atoms with E-state index in [-0.39, 0.29) is 6.04 Å². The molecule has 0 aromatic carbocycles. The van der Waals surface area contributed by atoms with Crippen LogP contribution < -0.4 is 11.3 Å². The van der Waals surface area contributed by atoms with E-state index in [2.05, 4.69) is 38.4 Å². The van der Waals surface area contributed by atoms with Gasteiger partial charge in [-0.05, 0) is 29.3 Å². The molecule has 0 radical (unpaired) electrons. The van der Waals surface area contributed by atoms with Crippen LogP contribution in [0.3, 0.4) is 0 Å². The minimum Gasteiger partial charge on any atom is -0.271 e. The van der Waals surface area contributed by atoms with E-state index in [4.69, 9.17) is 5.84 Å². The molecule has 1 unspecified atom stereocenters. The molecule has 0 amide bonds. The normalized spacial score (nSPS) is 12.9. The lowest BCUT2D eigenvalue weighted by atomic mass is 10.1. The molecule has 0 fully saturated rings. The summed E-state index contributed by atoms with van der Waals surface area (Å²) in [7, 11) is 1.96. The first-order valence-electron chi connectivity index (χ1n) is 6.15.